The Morgan fingerprint density at radius 2 is 1.79 bits per heavy atom. The lowest BCUT2D eigenvalue weighted by molar-refractivity contribution is -0.0508. The number of nitrogens with one attached hydrogen (secondary N) is 1. The van der Waals surface area contributed by atoms with Crippen molar-refractivity contribution < 1.29 is 18.3 Å². The minimum absolute atomic E-state index is 0.0379. The lowest BCUT2D eigenvalue weighted by Crippen LogP contribution is -2.48. The molecular weight excluding hydrogens is 376 g/mol. The molecule has 0 radical (unpaired) electrons. The number of carbonyl (C=O) groups is 1. The number of carbonyl (C=O) groups excluding carboxylic acids is 1. The second-order valence-electron chi connectivity index (χ2n) is 7.52. The van der Waals surface area contributed by atoms with E-state index in [0.717, 1.165) is 43.6 Å². The SMILES string of the molecule is O=C(NC1CCN(Cc2ccccc2OC(F)F)CC1)N1CCc2ccccc21. The van der Waals surface area contributed by atoms with Gasteiger partial charge in [-0.2, -0.15) is 8.78 Å². The Balaban J connectivity index is 1.29. The van der Waals surface area contributed by atoms with Gasteiger partial charge in [-0.25, -0.2) is 4.79 Å². The van der Waals surface area contributed by atoms with Crippen LogP contribution in [0.4, 0.5) is 19.3 Å². The molecule has 0 aliphatic carbocycles. The zero-order valence-corrected chi connectivity index (χ0v) is 16.2. The van der Waals surface area contributed by atoms with Crippen LogP contribution in [0.25, 0.3) is 0 Å². The number of amides is 2. The van der Waals surface area contributed by atoms with Crippen molar-refractivity contribution in [2.24, 2.45) is 0 Å². The highest BCUT2D eigenvalue weighted by atomic mass is 19.3. The molecule has 2 aliphatic heterocycles. The van der Waals surface area contributed by atoms with Crippen LogP contribution in [0.2, 0.25) is 0 Å². The summed E-state index contributed by atoms with van der Waals surface area (Å²) in [5, 5.41) is 3.16. The summed E-state index contributed by atoms with van der Waals surface area (Å²) >= 11 is 0. The maximum atomic E-state index is 12.7. The third kappa shape index (κ3) is 4.67. The van der Waals surface area contributed by atoms with Gasteiger partial charge in [0.25, 0.3) is 0 Å². The first-order chi connectivity index (χ1) is 14.1. The van der Waals surface area contributed by atoms with Crippen LogP contribution in [-0.2, 0) is 13.0 Å². The Kier molecular flexibility index (Phi) is 5.94. The van der Waals surface area contributed by atoms with Crippen LogP contribution in [0.1, 0.15) is 24.0 Å². The third-order valence-electron chi connectivity index (χ3n) is 5.63. The number of likely N-dealkylation sites (tertiary alicyclic amines) is 1. The van der Waals surface area contributed by atoms with Crippen molar-refractivity contribution in [1.82, 2.24) is 10.2 Å². The second kappa shape index (κ2) is 8.78. The van der Waals surface area contributed by atoms with Crippen molar-refractivity contribution in [1.29, 1.82) is 0 Å². The molecule has 0 bridgehead atoms. The summed E-state index contributed by atoms with van der Waals surface area (Å²) in [5.74, 6) is 0.227. The summed E-state index contributed by atoms with van der Waals surface area (Å²) in [6.45, 7) is 0.0381. The summed E-state index contributed by atoms with van der Waals surface area (Å²) < 4.78 is 29.8. The molecule has 1 N–H and O–H groups in total. The Morgan fingerprint density at radius 1 is 1.07 bits per heavy atom. The largest absolute Gasteiger partial charge is 0.434 e. The first kappa shape index (κ1) is 19.6. The number of para-hydroxylation sites is 2. The van der Waals surface area contributed by atoms with E-state index in [1.54, 1.807) is 12.1 Å². The van der Waals surface area contributed by atoms with Crippen LogP contribution in [-0.4, -0.2) is 43.2 Å². The van der Waals surface area contributed by atoms with Crippen LogP contribution < -0.4 is 15.0 Å². The van der Waals surface area contributed by atoms with Gasteiger partial charge in [0, 0.05) is 43.5 Å². The average molecular weight is 401 g/mol. The molecule has 1 fully saturated rings. The van der Waals surface area contributed by atoms with Crippen LogP contribution >= 0.6 is 0 Å². The van der Waals surface area contributed by atoms with Gasteiger partial charge in [0.05, 0.1) is 0 Å². The van der Waals surface area contributed by atoms with Crippen molar-refractivity contribution >= 4 is 11.7 Å². The monoisotopic (exact) mass is 401 g/mol. The van der Waals surface area contributed by atoms with Crippen molar-refractivity contribution in [2.75, 3.05) is 24.5 Å². The molecule has 4 rings (SSSR count). The number of urea groups is 1. The van der Waals surface area contributed by atoms with Crippen LogP contribution in [0.5, 0.6) is 5.75 Å². The number of benzene rings is 2. The molecule has 2 heterocycles. The zero-order valence-electron chi connectivity index (χ0n) is 16.2. The molecule has 29 heavy (non-hydrogen) atoms. The Bertz CT molecular complexity index is 853. The molecule has 0 aromatic heterocycles. The fraction of sp³-hybridized carbons (Fsp3) is 0.409. The molecular formula is C22H25F2N3O2. The number of anilines is 1. The summed E-state index contributed by atoms with van der Waals surface area (Å²) in [6, 6.07) is 15.0. The quantitative estimate of drug-likeness (QED) is 0.823. The highest BCUT2D eigenvalue weighted by molar-refractivity contribution is 5.94. The molecule has 2 aromatic carbocycles. The Morgan fingerprint density at radius 3 is 2.59 bits per heavy atom. The molecule has 2 amide bonds. The highest BCUT2D eigenvalue weighted by Crippen LogP contribution is 2.28. The third-order valence-corrected chi connectivity index (χ3v) is 5.63. The minimum atomic E-state index is -2.83. The van der Waals surface area contributed by atoms with E-state index in [0.29, 0.717) is 13.1 Å². The van der Waals surface area contributed by atoms with Gasteiger partial charge >= 0.3 is 12.6 Å². The Labute approximate surface area is 169 Å². The van der Waals surface area contributed by atoms with Crippen molar-refractivity contribution in [3.05, 3.63) is 59.7 Å². The molecule has 5 nitrogen and oxygen atoms in total. The summed E-state index contributed by atoms with van der Waals surface area (Å²) in [5.41, 5.74) is 2.96. The summed E-state index contributed by atoms with van der Waals surface area (Å²) in [7, 11) is 0. The second-order valence-corrected chi connectivity index (χ2v) is 7.52. The predicted octanol–water partition coefficient (Wildman–Crippen LogP) is 4.02. The van der Waals surface area contributed by atoms with Gasteiger partial charge in [-0.15, -0.1) is 0 Å². The van der Waals surface area contributed by atoms with E-state index in [9.17, 15) is 13.6 Å². The number of alkyl halides is 2. The lowest BCUT2D eigenvalue weighted by Gasteiger charge is -2.33. The van der Waals surface area contributed by atoms with E-state index in [-0.39, 0.29) is 17.8 Å². The average Bonchev–Trinajstić information content (AvgIpc) is 3.15. The molecule has 0 saturated carbocycles. The number of halogens is 2. The lowest BCUT2D eigenvalue weighted by atomic mass is 10.0. The van der Waals surface area contributed by atoms with E-state index in [4.69, 9.17) is 0 Å². The highest BCUT2D eigenvalue weighted by Gasteiger charge is 2.27. The van der Waals surface area contributed by atoms with Gasteiger partial charge in [0.1, 0.15) is 5.75 Å². The number of hydrogen-bond acceptors (Lipinski definition) is 3. The standard InChI is InChI=1S/C22H25F2N3O2/c23-21(24)29-20-8-4-2-6-17(20)15-26-12-10-18(11-13-26)25-22(28)27-14-9-16-5-1-3-7-19(16)27/h1-8,18,21H,9-15H2,(H,25,28). The number of ether oxygens (including phenoxy) is 1. The van der Waals surface area contributed by atoms with Crippen molar-refractivity contribution in [3.8, 4) is 5.75 Å². The molecule has 0 spiro atoms. The van der Waals surface area contributed by atoms with Gasteiger partial charge in [-0.05, 0) is 37.0 Å². The van der Waals surface area contributed by atoms with Gasteiger partial charge < -0.3 is 10.1 Å². The number of hydrogen-bond donors (Lipinski definition) is 1. The summed E-state index contributed by atoms with van der Waals surface area (Å²) in [4.78, 5) is 16.7. The number of piperidine rings is 1. The number of rotatable bonds is 5. The first-order valence-corrected chi connectivity index (χ1v) is 10.0. The molecule has 1 saturated heterocycles. The van der Waals surface area contributed by atoms with E-state index < -0.39 is 6.61 Å². The molecule has 7 heteroatoms. The summed E-state index contributed by atoms with van der Waals surface area (Å²) in [6.07, 6.45) is 2.56. The van der Waals surface area contributed by atoms with Crippen LogP contribution in [0.3, 0.4) is 0 Å². The van der Waals surface area contributed by atoms with E-state index >= 15 is 0 Å². The maximum absolute atomic E-state index is 12.7. The van der Waals surface area contributed by atoms with E-state index in [2.05, 4.69) is 21.0 Å². The van der Waals surface area contributed by atoms with Crippen molar-refractivity contribution in [3.63, 3.8) is 0 Å². The smallest absolute Gasteiger partial charge is 0.387 e. The fourth-order valence-electron chi connectivity index (χ4n) is 4.12. The topological polar surface area (TPSA) is 44.8 Å². The van der Waals surface area contributed by atoms with E-state index in [1.807, 2.05) is 35.2 Å². The molecule has 2 aromatic rings. The van der Waals surface area contributed by atoms with E-state index in [1.165, 1.54) is 5.56 Å². The molecule has 2 aliphatic rings. The van der Waals surface area contributed by atoms with Gasteiger partial charge in [0.15, 0.2) is 0 Å². The number of fused-ring (bicyclic) bond motifs is 1. The van der Waals surface area contributed by atoms with Crippen LogP contribution in [0.15, 0.2) is 48.5 Å². The van der Waals surface area contributed by atoms with Crippen LogP contribution in [0, 0.1) is 0 Å². The maximum Gasteiger partial charge on any atom is 0.387 e. The fourth-order valence-corrected chi connectivity index (χ4v) is 4.12. The van der Waals surface area contributed by atoms with Gasteiger partial charge in [0.2, 0.25) is 0 Å². The number of nitrogens with zero attached hydrogens (tertiary/aromatic N) is 2. The zero-order chi connectivity index (χ0) is 20.2. The molecule has 0 atom stereocenters. The van der Waals surface area contributed by atoms with Crippen molar-refractivity contribution in [2.45, 2.75) is 38.5 Å². The molecule has 0 unspecified atom stereocenters. The first-order valence-electron chi connectivity index (χ1n) is 10.0. The van der Waals surface area contributed by atoms with Gasteiger partial charge in [-0.3, -0.25) is 9.80 Å². The normalized spacial score (nSPS) is 17.4. The van der Waals surface area contributed by atoms with Gasteiger partial charge in [-0.1, -0.05) is 36.4 Å². The molecule has 154 valence electrons. The Hall–Kier alpha value is -2.67. The predicted molar refractivity (Wildman–Crippen MR) is 107 cm³/mol. The minimum Gasteiger partial charge on any atom is -0.434 e.